The van der Waals surface area contributed by atoms with Crippen molar-refractivity contribution in [3.8, 4) is 0 Å². The number of ether oxygens (including phenoxy) is 1. The van der Waals surface area contributed by atoms with Crippen LogP contribution in [-0.2, 0) is 14.3 Å². The van der Waals surface area contributed by atoms with E-state index < -0.39 is 11.2 Å². The number of aromatic carboxylic acids is 1. The number of hydrogen-bond donors (Lipinski definition) is 1. The molecule has 2 aliphatic rings. The van der Waals surface area contributed by atoms with E-state index in [0.717, 1.165) is 30.5 Å². The number of anilines is 2. The van der Waals surface area contributed by atoms with Crippen molar-refractivity contribution in [2.45, 2.75) is 16.7 Å². The van der Waals surface area contributed by atoms with Gasteiger partial charge in [-0.05, 0) is 36.4 Å². The minimum absolute atomic E-state index is 0.00431. The molecular weight excluding hydrogens is 394 g/mol. The van der Waals surface area contributed by atoms with Gasteiger partial charge in [-0.2, -0.15) is 0 Å². The van der Waals surface area contributed by atoms with Crippen LogP contribution in [0.4, 0.5) is 11.4 Å². The molecule has 2 amide bonds. The number of carbonyl (C=O) groups excluding carboxylic acids is 2. The van der Waals surface area contributed by atoms with Crippen LogP contribution < -0.4 is 9.80 Å². The maximum absolute atomic E-state index is 12.9. The Bertz CT molecular complexity index is 943. The summed E-state index contributed by atoms with van der Waals surface area (Å²) in [5.74, 6) is -1.78. The zero-order valence-electron chi connectivity index (χ0n) is 15.5. The average Bonchev–Trinajstić information content (AvgIpc) is 3.02. The highest BCUT2D eigenvalue weighted by Crippen LogP contribution is 2.35. The standard InChI is InChI=1S/C20H19N3O5S/c24-17-12-16(29-18-15(20(26)27)2-1-7-21-18)19(25)23(17)14-5-3-13(4-6-14)22-8-10-28-11-9-22/h1-7,16H,8-12H2,(H,26,27)/t16-/m0/s1. The maximum Gasteiger partial charge on any atom is 0.338 e. The Kier molecular flexibility index (Phi) is 5.50. The van der Waals surface area contributed by atoms with Gasteiger partial charge in [-0.3, -0.25) is 9.59 Å². The summed E-state index contributed by atoms with van der Waals surface area (Å²) in [5.41, 5.74) is 1.55. The van der Waals surface area contributed by atoms with Gasteiger partial charge in [0.2, 0.25) is 11.8 Å². The highest BCUT2D eigenvalue weighted by Gasteiger charge is 2.41. The number of carboxylic acid groups (broad SMARTS) is 1. The summed E-state index contributed by atoms with van der Waals surface area (Å²) in [6, 6.07) is 10.3. The molecule has 29 heavy (non-hydrogen) atoms. The van der Waals surface area contributed by atoms with E-state index in [4.69, 9.17) is 4.74 Å². The summed E-state index contributed by atoms with van der Waals surface area (Å²) >= 11 is 1.02. The fourth-order valence-corrected chi connectivity index (χ4v) is 4.49. The molecule has 0 spiro atoms. The van der Waals surface area contributed by atoms with Gasteiger partial charge < -0.3 is 14.7 Å². The van der Waals surface area contributed by atoms with Crippen LogP contribution in [-0.4, -0.2) is 59.4 Å². The number of rotatable bonds is 5. The molecule has 0 aliphatic carbocycles. The molecule has 9 heteroatoms. The van der Waals surface area contributed by atoms with Crippen LogP contribution in [0.5, 0.6) is 0 Å². The first-order valence-electron chi connectivity index (χ1n) is 9.19. The van der Waals surface area contributed by atoms with Crippen LogP contribution in [0.2, 0.25) is 0 Å². The summed E-state index contributed by atoms with van der Waals surface area (Å²) in [6.45, 7) is 2.95. The number of carbonyl (C=O) groups is 3. The summed E-state index contributed by atoms with van der Waals surface area (Å²) < 4.78 is 5.35. The number of imide groups is 1. The smallest absolute Gasteiger partial charge is 0.338 e. The van der Waals surface area contributed by atoms with Crippen LogP contribution in [0, 0.1) is 0 Å². The van der Waals surface area contributed by atoms with Crippen LogP contribution in [0.1, 0.15) is 16.8 Å². The van der Waals surface area contributed by atoms with Gasteiger partial charge in [0.05, 0.1) is 29.7 Å². The molecule has 1 atom stereocenters. The second-order valence-electron chi connectivity index (χ2n) is 6.66. The molecular formula is C20H19N3O5S. The number of thioether (sulfide) groups is 1. The van der Waals surface area contributed by atoms with Crippen LogP contribution >= 0.6 is 11.8 Å². The predicted molar refractivity (Wildman–Crippen MR) is 107 cm³/mol. The first kappa shape index (κ1) is 19.4. The minimum atomic E-state index is -1.12. The van der Waals surface area contributed by atoms with Gasteiger partial charge in [0.1, 0.15) is 5.03 Å². The molecule has 0 bridgehead atoms. The van der Waals surface area contributed by atoms with E-state index in [1.807, 2.05) is 12.1 Å². The van der Waals surface area contributed by atoms with Crippen LogP contribution in [0.15, 0.2) is 47.6 Å². The van der Waals surface area contributed by atoms with E-state index in [0.29, 0.717) is 18.9 Å². The van der Waals surface area contributed by atoms with E-state index in [9.17, 15) is 19.5 Å². The Morgan fingerprint density at radius 3 is 2.48 bits per heavy atom. The highest BCUT2D eigenvalue weighted by atomic mass is 32.2. The van der Waals surface area contributed by atoms with E-state index in [2.05, 4.69) is 9.88 Å². The van der Waals surface area contributed by atoms with Gasteiger partial charge in [-0.1, -0.05) is 11.8 Å². The molecule has 2 fully saturated rings. The lowest BCUT2D eigenvalue weighted by Crippen LogP contribution is -2.36. The number of amides is 2. The van der Waals surface area contributed by atoms with Crippen molar-refractivity contribution in [1.29, 1.82) is 0 Å². The summed E-state index contributed by atoms with van der Waals surface area (Å²) in [5, 5.41) is 8.83. The van der Waals surface area contributed by atoms with Crippen LogP contribution in [0.25, 0.3) is 0 Å². The molecule has 8 nitrogen and oxygen atoms in total. The van der Waals surface area contributed by atoms with Gasteiger partial charge in [0.15, 0.2) is 0 Å². The summed E-state index contributed by atoms with van der Waals surface area (Å²) in [7, 11) is 0. The Morgan fingerprint density at radius 1 is 1.10 bits per heavy atom. The molecule has 1 aromatic heterocycles. The largest absolute Gasteiger partial charge is 0.478 e. The monoisotopic (exact) mass is 413 g/mol. The molecule has 3 heterocycles. The number of aromatic nitrogens is 1. The molecule has 2 saturated heterocycles. The van der Waals surface area contributed by atoms with Crippen molar-refractivity contribution >= 4 is 40.9 Å². The SMILES string of the molecule is O=C(O)c1cccnc1S[C@H]1CC(=O)N(c2ccc(N3CCOCC3)cc2)C1=O. The topological polar surface area (TPSA) is 100 Å². The van der Waals surface area contributed by atoms with E-state index in [1.165, 1.54) is 23.2 Å². The van der Waals surface area contributed by atoms with Crippen molar-refractivity contribution < 1.29 is 24.2 Å². The van der Waals surface area contributed by atoms with Crippen molar-refractivity contribution in [3.63, 3.8) is 0 Å². The lowest BCUT2D eigenvalue weighted by atomic mass is 10.2. The normalized spacial score (nSPS) is 19.7. The maximum atomic E-state index is 12.9. The number of nitrogens with zero attached hydrogens (tertiary/aromatic N) is 3. The average molecular weight is 413 g/mol. The first-order valence-corrected chi connectivity index (χ1v) is 10.1. The molecule has 1 aromatic carbocycles. The van der Waals surface area contributed by atoms with Crippen molar-refractivity contribution in [3.05, 3.63) is 48.2 Å². The third-order valence-electron chi connectivity index (χ3n) is 4.84. The number of hydrogen-bond acceptors (Lipinski definition) is 7. The fourth-order valence-electron chi connectivity index (χ4n) is 3.38. The van der Waals surface area contributed by atoms with Crippen molar-refractivity contribution in [2.24, 2.45) is 0 Å². The second-order valence-corrected chi connectivity index (χ2v) is 7.85. The quantitative estimate of drug-likeness (QED) is 0.744. The molecule has 0 unspecified atom stereocenters. The van der Waals surface area contributed by atoms with Gasteiger partial charge in [-0.15, -0.1) is 0 Å². The molecule has 2 aliphatic heterocycles. The third-order valence-corrected chi connectivity index (χ3v) is 6.05. The predicted octanol–water partition coefficient (Wildman–Crippen LogP) is 2.04. The Labute approximate surface area is 171 Å². The molecule has 0 saturated carbocycles. The zero-order valence-corrected chi connectivity index (χ0v) is 16.3. The number of benzene rings is 1. The van der Waals surface area contributed by atoms with Crippen molar-refractivity contribution in [2.75, 3.05) is 36.1 Å². The first-order chi connectivity index (χ1) is 14.0. The van der Waals surface area contributed by atoms with Crippen molar-refractivity contribution in [1.82, 2.24) is 4.98 Å². The Hall–Kier alpha value is -2.91. The molecule has 0 radical (unpaired) electrons. The summed E-state index contributed by atoms with van der Waals surface area (Å²) in [4.78, 5) is 44.2. The zero-order chi connectivity index (χ0) is 20.4. The van der Waals surface area contributed by atoms with Gasteiger partial charge in [0, 0.05) is 31.4 Å². The van der Waals surface area contributed by atoms with E-state index >= 15 is 0 Å². The second kappa shape index (κ2) is 8.22. The molecule has 2 aromatic rings. The van der Waals surface area contributed by atoms with Crippen LogP contribution in [0.3, 0.4) is 0 Å². The lowest BCUT2D eigenvalue weighted by molar-refractivity contribution is -0.121. The third kappa shape index (κ3) is 3.96. The Morgan fingerprint density at radius 2 is 1.79 bits per heavy atom. The highest BCUT2D eigenvalue weighted by molar-refractivity contribution is 8.00. The van der Waals surface area contributed by atoms with E-state index in [1.54, 1.807) is 12.1 Å². The lowest BCUT2D eigenvalue weighted by Gasteiger charge is -2.29. The summed E-state index contributed by atoms with van der Waals surface area (Å²) in [6.07, 6.45) is 1.47. The Balaban J connectivity index is 1.50. The van der Waals surface area contributed by atoms with Gasteiger partial charge >= 0.3 is 5.97 Å². The molecule has 1 N–H and O–H groups in total. The van der Waals surface area contributed by atoms with Gasteiger partial charge in [-0.25, -0.2) is 14.7 Å². The number of pyridine rings is 1. The number of carboxylic acids is 1. The minimum Gasteiger partial charge on any atom is -0.478 e. The van der Waals surface area contributed by atoms with Gasteiger partial charge in [0.25, 0.3) is 0 Å². The number of morpholine rings is 1. The molecule has 4 rings (SSSR count). The molecule has 150 valence electrons. The van der Waals surface area contributed by atoms with E-state index in [-0.39, 0.29) is 28.8 Å². The fraction of sp³-hybridized carbons (Fsp3) is 0.300.